The summed E-state index contributed by atoms with van der Waals surface area (Å²) in [6, 6.07) is 6.27. The van der Waals surface area contributed by atoms with Crippen molar-refractivity contribution in [3.63, 3.8) is 0 Å². The number of halogens is 1. The fourth-order valence-electron chi connectivity index (χ4n) is 4.91. The zero-order chi connectivity index (χ0) is 21.3. The number of carbonyl (C=O) groups excluding carboxylic acids is 1. The van der Waals surface area contributed by atoms with Crippen LogP contribution in [0, 0.1) is 11.8 Å². The molecule has 0 radical (unpaired) electrons. The summed E-state index contributed by atoms with van der Waals surface area (Å²) in [4.78, 5) is 16.7. The maximum Gasteiger partial charge on any atom is 0.248 e. The molecule has 6 heteroatoms. The monoisotopic (exact) mass is 480 g/mol. The summed E-state index contributed by atoms with van der Waals surface area (Å²) in [7, 11) is 3.33. The van der Waals surface area contributed by atoms with Crippen LogP contribution >= 0.6 is 15.9 Å². The lowest BCUT2D eigenvalue weighted by Gasteiger charge is -2.34. The van der Waals surface area contributed by atoms with E-state index in [-0.39, 0.29) is 12.5 Å². The zero-order valence-corrected chi connectivity index (χ0v) is 20.2. The summed E-state index contributed by atoms with van der Waals surface area (Å²) >= 11 is 3.69. The highest BCUT2D eigenvalue weighted by Crippen LogP contribution is 2.29. The van der Waals surface area contributed by atoms with Crippen molar-refractivity contribution in [2.75, 3.05) is 53.6 Å². The maximum atomic E-state index is 12.1. The lowest BCUT2D eigenvalue weighted by Crippen LogP contribution is -2.42. The number of nitrogens with zero attached hydrogens (tertiary/aromatic N) is 2. The minimum absolute atomic E-state index is 0.145. The van der Waals surface area contributed by atoms with Crippen LogP contribution in [0.2, 0.25) is 0 Å². The molecule has 3 rings (SSSR count). The molecule has 1 unspecified atom stereocenters. The molecule has 0 bridgehead atoms. The molecular weight excluding hydrogens is 444 g/mol. The molecule has 1 amide bonds. The molecule has 0 N–H and O–H groups in total. The third-order valence-electron chi connectivity index (χ3n) is 6.69. The lowest BCUT2D eigenvalue weighted by molar-refractivity contribution is -0.137. The fraction of sp³-hybridized carbons (Fsp3) is 0.708. The van der Waals surface area contributed by atoms with Gasteiger partial charge < -0.3 is 19.3 Å². The van der Waals surface area contributed by atoms with Gasteiger partial charge in [-0.1, -0.05) is 15.9 Å². The molecule has 1 aromatic carbocycles. The summed E-state index contributed by atoms with van der Waals surface area (Å²) in [5, 5.41) is 0. The summed E-state index contributed by atoms with van der Waals surface area (Å²) < 4.78 is 11.6. The van der Waals surface area contributed by atoms with Crippen LogP contribution in [0.3, 0.4) is 0 Å². The van der Waals surface area contributed by atoms with Gasteiger partial charge >= 0.3 is 0 Å². The van der Waals surface area contributed by atoms with Crippen molar-refractivity contribution in [3.8, 4) is 5.75 Å². The molecule has 168 valence electrons. The van der Waals surface area contributed by atoms with Crippen LogP contribution in [-0.2, 0) is 16.0 Å². The predicted octanol–water partition coefficient (Wildman–Crippen LogP) is 4.38. The van der Waals surface area contributed by atoms with Gasteiger partial charge in [0, 0.05) is 24.7 Å². The van der Waals surface area contributed by atoms with E-state index < -0.39 is 0 Å². The molecule has 1 aromatic rings. The molecule has 2 aliphatic heterocycles. The van der Waals surface area contributed by atoms with E-state index in [2.05, 4.69) is 33.0 Å². The first-order valence-electron chi connectivity index (χ1n) is 11.4. The highest BCUT2D eigenvalue weighted by Gasteiger charge is 2.24. The van der Waals surface area contributed by atoms with Gasteiger partial charge in [-0.05, 0) is 100 Å². The van der Waals surface area contributed by atoms with Crippen LogP contribution in [0.1, 0.15) is 44.1 Å². The Hall–Kier alpha value is -1.11. The Labute approximate surface area is 190 Å². The fourth-order valence-corrected chi connectivity index (χ4v) is 5.31. The molecule has 1 atom stereocenters. The van der Waals surface area contributed by atoms with Crippen molar-refractivity contribution in [2.24, 2.45) is 11.8 Å². The average Bonchev–Trinajstić information content (AvgIpc) is 2.77. The SMILES string of the molecule is COCC(=O)N1CCCC(CCCN2CCC(Cc3cc(OC)ccc3Br)CC2)C1. The van der Waals surface area contributed by atoms with Gasteiger partial charge in [-0.3, -0.25) is 4.79 Å². The minimum Gasteiger partial charge on any atom is -0.497 e. The van der Waals surface area contributed by atoms with Crippen LogP contribution in [-0.4, -0.2) is 69.3 Å². The van der Waals surface area contributed by atoms with E-state index in [1.165, 1.54) is 61.8 Å². The van der Waals surface area contributed by atoms with Gasteiger partial charge in [0.05, 0.1) is 7.11 Å². The quantitative estimate of drug-likeness (QED) is 0.525. The molecule has 5 nitrogen and oxygen atoms in total. The van der Waals surface area contributed by atoms with E-state index >= 15 is 0 Å². The standard InChI is InChI=1S/C24H37BrN2O3/c1-29-18-24(28)27-12-4-6-20(17-27)5-3-11-26-13-9-19(10-14-26)15-21-16-22(30-2)7-8-23(21)25/h7-8,16,19-20H,3-6,9-15,17-18H2,1-2H3. The highest BCUT2D eigenvalue weighted by molar-refractivity contribution is 9.10. The van der Waals surface area contributed by atoms with Crippen LogP contribution in [0.4, 0.5) is 0 Å². The normalized spacial score (nSPS) is 21.0. The van der Waals surface area contributed by atoms with E-state index in [4.69, 9.17) is 9.47 Å². The molecular formula is C24H37BrN2O3. The topological polar surface area (TPSA) is 42.0 Å². The molecule has 0 aromatic heterocycles. The Bertz CT molecular complexity index is 676. The number of piperidine rings is 2. The Balaban J connectivity index is 1.35. The highest BCUT2D eigenvalue weighted by atomic mass is 79.9. The minimum atomic E-state index is 0.145. The van der Waals surface area contributed by atoms with Crippen LogP contribution < -0.4 is 4.74 Å². The molecule has 0 spiro atoms. The van der Waals surface area contributed by atoms with Crippen LogP contribution in [0.5, 0.6) is 5.75 Å². The van der Waals surface area contributed by atoms with Crippen molar-refractivity contribution in [1.82, 2.24) is 9.80 Å². The largest absolute Gasteiger partial charge is 0.497 e. The summed E-state index contributed by atoms with van der Waals surface area (Å²) in [5.41, 5.74) is 1.36. The Kier molecular flexibility index (Phi) is 9.47. The number of likely N-dealkylation sites (tertiary alicyclic amines) is 2. The average molecular weight is 481 g/mol. The maximum absolute atomic E-state index is 12.1. The van der Waals surface area contributed by atoms with E-state index in [1.807, 2.05) is 11.0 Å². The smallest absolute Gasteiger partial charge is 0.248 e. The second kappa shape index (κ2) is 12.1. The van der Waals surface area contributed by atoms with Gasteiger partial charge in [-0.15, -0.1) is 0 Å². The molecule has 2 aliphatic rings. The van der Waals surface area contributed by atoms with E-state index in [1.54, 1.807) is 14.2 Å². The second-order valence-electron chi connectivity index (χ2n) is 8.87. The van der Waals surface area contributed by atoms with Gasteiger partial charge in [-0.25, -0.2) is 0 Å². The van der Waals surface area contributed by atoms with E-state index in [0.717, 1.165) is 37.6 Å². The van der Waals surface area contributed by atoms with Crippen molar-refractivity contribution in [2.45, 2.75) is 44.9 Å². The van der Waals surface area contributed by atoms with Gasteiger partial charge in [-0.2, -0.15) is 0 Å². The van der Waals surface area contributed by atoms with E-state index in [0.29, 0.717) is 5.92 Å². The summed E-state index contributed by atoms with van der Waals surface area (Å²) in [5.74, 6) is 2.49. The molecule has 2 saturated heterocycles. The van der Waals surface area contributed by atoms with E-state index in [9.17, 15) is 4.79 Å². The molecule has 2 heterocycles. The number of rotatable bonds is 9. The Morgan fingerprint density at radius 2 is 1.93 bits per heavy atom. The Morgan fingerprint density at radius 3 is 2.67 bits per heavy atom. The number of hydrogen-bond donors (Lipinski definition) is 0. The number of methoxy groups -OCH3 is 2. The lowest BCUT2D eigenvalue weighted by atomic mass is 9.89. The van der Waals surface area contributed by atoms with Crippen molar-refractivity contribution >= 4 is 21.8 Å². The van der Waals surface area contributed by atoms with Gasteiger partial charge in [0.2, 0.25) is 5.91 Å². The summed E-state index contributed by atoms with van der Waals surface area (Å²) in [6.45, 7) is 5.63. The van der Waals surface area contributed by atoms with Gasteiger partial charge in [0.15, 0.2) is 0 Å². The second-order valence-corrected chi connectivity index (χ2v) is 9.72. The van der Waals surface area contributed by atoms with Crippen LogP contribution in [0.25, 0.3) is 0 Å². The molecule has 30 heavy (non-hydrogen) atoms. The number of carbonyl (C=O) groups is 1. The number of hydrogen-bond acceptors (Lipinski definition) is 4. The molecule has 0 aliphatic carbocycles. The Morgan fingerprint density at radius 1 is 1.13 bits per heavy atom. The third-order valence-corrected chi connectivity index (χ3v) is 7.47. The van der Waals surface area contributed by atoms with Crippen LogP contribution in [0.15, 0.2) is 22.7 Å². The first-order valence-corrected chi connectivity index (χ1v) is 12.2. The number of amides is 1. The number of benzene rings is 1. The van der Waals surface area contributed by atoms with Gasteiger partial charge in [0.1, 0.15) is 12.4 Å². The predicted molar refractivity (Wildman–Crippen MR) is 124 cm³/mol. The van der Waals surface area contributed by atoms with Gasteiger partial charge in [0.25, 0.3) is 0 Å². The first-order chi connectivity index (χ1) is 14.6. The number of ether oxygens (including phenoxy) is 2. The van der Waals surface area contributed by atoms with Crippen molar-refractivity contribution in [3.05, 3.63) is 28.2 Å². The molecule has 0 saturated carbocycles. The first kappa shape index (κ1) is 23.6. The van der Waals surface area contributed by atoms with Crippen molar-refractivity contribution < 1.29 is 14.3 Å². The molecule has 2 fully saturated rings. The van der Waals surface area contributed by atoms with Crippen molar-refractivity contribution in [1.29, 1.82) is 0 Å². The third kappa shape index (κ3) is 6.96. The summed E-state index contributed by atoms with van der Waals surface area (Å²) in [6.07, 6.45) is 8.52. The zero-order valence-electron chi connectivity index (χ0n) is 18.6.